The van der Waals surface area contributed by atoms with Crippen LogP contribution >= 0.6 is 0 Å². The Bertz CT molecular complexity index is 186. The molecular weight excluding hydrogens is 210 g/mol. The number of likely N-dealkylation sites (tertiary alicyclic amines) is 1. The lowest BCUT2D eigenvalue weighted by molar-refractivity contribution is 0.145. The summed E-state index contributed by atoms with van der Waals surface area (Å²) < 4.78 is 0. The van der Waals surface area contributed by atoms with Crippen LogP contribution in [-0.2, 0) is 0 Å². The Morgan fingerprint density at radius 3 is 2.47 bits per heavy atom. The quantitative estimate of drug-likeness (QED) is 0.735. The van der Waals surface area contributed by atoms with Crippen molar-refractivity contribution < 1.29 is 0 Å². The normalized spacial score (nSPS) is 21.0. The lowest BCUT2D eigenvalue weighted by Crippen LogP contribution is -2.39. The maximum Gasteiger partial charge on any atom is 0.000703 e. The van der Waals surface area contributed by atoms with E-state index in [1.807, 2.05) is 0 Å². The van der Waals surface area contributed by atoms with Crippen LogP contribution in [-0.4, -0.2) is 56.6 Å². The lowest BCUT2D eigenvalue weighted by atomic mass is 9.95. The van der Waals surface area contributed by atoms with Crippen molar-refractivity contribution in [3.63, 3.8) is 0 Å². The van der Waals surface area contributed by atoms with Gasteiger partial charge in [0.1, 0.15) is 0 Å². The lowest BCUT2D eigenvalue weighted by Gasteiger charge is -2.34. The van der Waals surface area contributed by atoms with Gasteiger partial charge in [0.25, 0.3) is 0 Å². The van der Waals surface area contributed by atoms with Crippen molar-refractivity contribution >= 4 is 0 Å². The van der Waals surface area contributed by atoms with Crippen molar-refractivity contribution in [2.45, 2.75) is 32.6 Å². The summed E-state index contributed by atoms with van der Waals surface area (Å²) in [5.74, 6) is 1.73. The molecule has 1 heterocycles. The van der Waals surface area contributed by atoms with E-state index < -0.39 is 0 Å². The Kier molecular flexibility index (Phi) is 7.09. The molecule has 1 aliphatic rings. The molecule has 0 aromatic carbocycles. The fourth-order valence-electron chi connectivity index (χ4n) is 2.87. The van der Waals surface area contributed by atoms with Crippen LogP contribution < -0.4 is 5.73 Å². The van der Waals surface area contributed by atoms with Crippen LogP contribution in [0, 0.1) is 11.8 Å². The summed E-state index contributed by atoms with van der Waals surface area (Å²) in [6.45, 7) is 8.33. The van der Waals surface area contributed by atoms with Gasteiger partial charge in [-0.05, 0) is 71.2 Å². The second-order valence-electron chi connectivity index (χ2n) is 6.04. The summed E-state index contributed by atoms with van der Waals surface area (Å²) in [5.41, 5.74) is 5.56. The zero-order valence-electron chi connectivity index (χ0n) is 12.0. The summed E-state index contributed by atoms with van der Waals surface area (Å²) in [6.07, 6.45) is 5.22. The Balaban J connectivity index is 2.14. The minimum absolute atomic E-state index is 0.809. The molecule has 102 valence electrons. The average Bonchev–Trinajstić information content (AvgIpc) is 2.28. The van der Waals surface area contributed by atoms with E-state index in [4.69, 9.17) is 5.73 Å². The van der Waals surface area contributed by atoms with Crippen LogP contribution in [0.5, 0.6) is 0 Å². The molecule has 0 aliphatic carbocycles. The summed E-state index contributed by atoms with van der Waals surface area (Å²) in [6, 6.07) is 0. The first-order valence-corrected chi connectivity index (χ1v) is 7.19. The van der Waals surface area contributed by atoms with Gasteiger partial charge >= 0.3 is 0 Å². The maximum absolute atomic E-state index is 5.56. The summed E-state index contributed by atoms with van der Waals surface area (Å²) in [4.78, 5) is 4.97. The molecule has 1 atom stereocenters. The second kappa shape index (κ2) is 8.06. The SMILES string of the molecule is CC(CCCN)CN1CCC(CN(C)C)CC1. The van der Waals surface area contributed by atoms with E-state index in [9.17, 15) is 0 Å². The summed E-state index contributed by atoms with van der Waals surface area (Å²) in [5, 5.41) is 0. The van der Waals surface area contributed by atoms with E-state index >= 15 is 0 Å². The monoisotopic (exact) mass is 241 g/mol. The topological polar surface area (TPSA) is 32.5 Å². The molecule has 1 unspecified atom stereocenters. The Morgan fingerprint density at radius 2 is 1.94 bits per heavy atom. The molecule has 0 aromatic heterocycles. The summed E-state index contributed by atoms with van der Waals surface area (Å²) >= 11 is 0. The standard InChI is InChI=1S/C14H31N3/c1-13(5-4-8-15)11-17-9-6-14(7-10-17)12-16(2)3/h13-14H,4-12,15H2,1-3H3. The first-order valence-electron chi connectivity index (χ1n) is 7.19. The third kappa shape index (κ3) is 6.39. The van der Waals surface area contributed by atoms with Crippen LogP contribution in [0.1, 0.15) is 32.6 Å². The van der Waals surface area contributed by atoms with Gasteiger partial charge in [0.15, 0.2) is 0 Å². The van der Waals surface area contributed by atoms with Crippen LogP contribution in [0.4, 0.5) is 0 Å². The molecule has 0 radical (unpaired) electrons. The van der Waals surface area contributed by atoms with E-state index in [2.05, 4.69) is 30.8 Å². The molecule has 1 rings (SSSR count). The van der Waals surface area contributed by atoms with Crippen molar-refractivity contribution in [2.24, 2.45) is 17.6 Å². The molecule has 1 saturated heterocycles. The zero-order chi connectivity index (χ0) is 12.7. The molecule has 0 amide bonds. The van der Waals surface area contributed by atoms with Gasteiger partial charge in [0.2, 0.25) is 0 Å². The molecule has 2 N–H and O–H groups in total. The predicted molar refractivity (Wildman–Crippen MR) is 75.2 cm³/mol. The number of rotatable bonds is 7. The fourth-order valence-corrected chi connectivity index (χ4v) is 2.87. The van der Waals surface area contributed by atoms with Crippen molar-refractivity contribution in [1.82, 2.24) is 9.80 Å². The minimum Gasteiger partial charge on any atom is -0.330 e. The second-order valence-corrected chi connectivity index (χ2v) is 6.04. The van der Waals surface area contributed by atoms with Crippen LogP contribution in [0.25, 0.3) is 0 Å². The third-order valence-electron chi connectivity index (χ3n) is 3.80. The Morgan fingerprint density at radius 1 is 1.29 bits per heavy atom. The summed E-state index contributed by atoms with van der Waals surface area (Å²) in [7, 11) is 4.36. The van der Waals surface area contributed by atoms with E-state index in [-0.39, 0.29) is 0 Å². The maximum atomic E-state index is 5.56. The third-order valence-corrected chi connectivity index (χ3v) is 3.80. The number of hydrogen-bond acceptors (Lipinski definition) is 3. The van der Waals surface area contributed by atoms with E-state index in [1.54, 1.807) is 0 Å². The van der Waals surface area contributed by atoms with Crippen molar-refractivity contribution in [2.75, 3.05) is 46.8 Å². The van der Waals surface area contributed by atoms with Gasteiger partial charge in [0.05, 0.1) is 0 Å². The highest BCUT2D eigenvalue weighted by Crippen LogP contribution is 2.19. The highest BCUT2D eigenvalue weighted by Gasteiger charge is 2.20. The number of nitrogens with two attached hydrogens (primary N) is 1. The first-order chi connectivity index (χ1) is 8.11. The molecule has 3 nitrogen and oxygen atoms in total. The Hall–Kier alpha value is -0.120. The molecule has 1 fully saturated rings. The molecular formula is C14H31N3. The molecule has 0 bridgehead atoms. The zero-order valence-corrected chi connectivity index (χ0v) is 12.0. The number of piperidine rings is 1. The van der Waals surface area contributed by atoms with Gasteiger partial charge in [-0.2, -0.15) is 0 Å². The Labute approximate surface area is 107 Å². The minimum atomic E-state index is 0.809. The van der Waals surface area contributed by atoms with Crippen LogP contribution in [0.3, 0.4) is 0 Å². The largest absolute Gasteiger partial charge is 0.330 e. The molecule has 0 saturated carbocycles. The molecule has 0 spiro atoms. The van der Waals surface area contributed by atoms with E-state index in [1.165, 1.54) is 51.9 Å². The van der Waals surface area contributed by atoms with Gasteiger partial charge in [0, 0.05) is 13.1 Å². The predicted octanol–water partition coefficient (Wildman–Crippen LogP) is 1.64. The fraction of sp³-hybridized carbons (Fsp3) is 1.00. The van der Waals surface area contributed by atoms with Gasteiger partial charge < -0.3 is 15.5 Å². The van der Waals surface area contributed by atoms with Crippen molar-refractivity contribution in [3.8, 4) is 0 Å². The van der Waals surface area contributed by atoms with E-state index in [0.717, 1.165) is 18.4 Å². The molecule has 1 aliphatic heterocycles. The molecule has 0 aromatic rings. The van der Waals surface area contributed by atoms with Crippen molar-refractivity contribution in [3.05, 3.63) is 0 Å². The van der Waals surface area contributed by atoms with Gasteiger partial charge in [-0.3, -0.25) is 0 Å². The highest BCUT2D eigenvalue weighted by atomic mass is 15.1. The van der Waals surface area contributed by atoms with Crippen molar-refractivity contribution in [1.29, 1.82) is 0 Å². The highest BCUT2D eigenvalue weighted by molar-refractivity contribution is 4.75. The van der Waals surface area contributed by atoms with Crippen LogP contribution in [0.15, 0.2) is 0 Å². The molecule has 3 heteroatoms. The first kappa shape index (κ1) is 14.9. The molecule has 17 heavy (non-hydrogen) atoms. The number of nitrogens with zero attached hydrogens (tertiary/aromatic N) is 2. The number of hydrogen-bond donors (Lipinski definition) is 1. The van der Waals surface area contributed by atoms with Gasteiger partial charge in [-0.15, -0.1) is 0 Å². The van der Waals surface area contributed by atoms with Gasteiger partial charge in [-0.25, -0.2) is 0 Å². The smallest absolute Gasteiger partial charge is 0.000703 e. The van der Waals surface area contributed by atoms with Crippen LogP contribution in [0.2, 0.25) is 0 Å². The average molecular weight is 241 g/mol. The van der Waals surface area contributed by atoms with E-state index in [0.29, 0.717) is 0 Å². The van der Waals surface area contributed by atoms with Gasteiger partial charge in [-0.1, -0.05) is 6.92 Å².